The summed E-state index contributed by atoms with van der Waals surface area (Å²) in [5.41, 5.74) is 5.82. The molecule has 12 heavy (non-hydrogen) atoms. The molecule has 0 aliphatic heterocycles. The molecule has 1 aromatic heterocycles. The Labute approximate surface area is 82.5 Å². The van der Waals surface area contributed by atoms with Crippen molar-refractivity contribution in [2.24, 2.45) is 11.1 Å². The van der Waals surface area contributed by atoms with Gasteiger partial charge in [-0.2, -0.15) is 0 Å². The van der Waals surface area contributed by atoms with Crippen LogP contribution in [0.1, 0.15) is 18.7 Å². The second-order valence-corrected chi connectivity index (χ2v) is 5.55. The van der Waals surface area contributed by atoms with Crippen molar-refractivity contribution in [1.82, 2.24) is 0 Å². The van der Waals surface area contributed by atoms with E-state index in [1.165, 1.54) is 4.88 Å². The summed E-state index contributed by atoms with van der Waals surface area (Å²) in [4.78, 5) is 1.32. The maximum atomic E-state index is 5.82. The SMILES string of the molecule is CC(C)(CN)Cc1ccc(Cl)s1. The zero-order valence-electron chi connectivity index (χ0n) is 7.43. The fourth-order valence-corrected chi connectivity index (χ4v) is 2.34. The molecule has 0 aliphatic rings. The van der Waals surface area contributed by atoms with Gasteiger partial charge in [0.1, 0.15) is 0 Å². The van der Waals surface area contributed by atoms with Crippen LogP contribution in [0.3, 0.4) is 0 Å². The highest BCUT2D eigenvalue weighted by molar-refractivity contribution is 7.16. The van der Waals surface area contributed by atoms with Gasteiger partial charge in [0.25, 0.3) is 0 Å². The molecule has 2 N–H and O–H groups in total. The Morgan fingerprint density at radius 2 is 2.17 bits per heavy atom. The summed E-state index contributed by atoms with van der Waals surface area (Å²) in [6.45, 7) is 5.05. The van der Waals surface area contributed by atoms with Crippen molar-refractivity contribution in [3.05, 3.63) is 21.3 Å². The summed E-state index contributed by atoms with van der Waals surface area (Å²) in [7, 11) is 0. The molecule has 1 nitrogen and oxygen atoms in total. The molecule has 1 rings (SSSR count). The summed E-state index contributed by atoms with van der Waals surface area (Å²) in [5, 5.41) is 0. The lowest BCUT2D eigenvalue weighted by Gasteiger charge is -2.20. The van der Waals surface area contributed by atoms with Crippen LogP contribution in [-0.2, 0) is 6.42 Å². The molecule has 0 fully saturated rings. The van der Waals surface area contributed by atoms with Crippen LogP contribution in [0.25, 0.3) is 0 Å². The van der Waals surface area contributed by atoms with Crippen molar-refractivity contribution < 1.29 is 0 Å². The highest BCUT2D eigenvalue weighted by atomic mass is 35.5. The zero-order valence-corrected chi connectivity index (χ0v) is 9.00. The second-order valence-electron chi connectivity index (χ2n) is 3.75. The molecule has 0 atom stereocenters. The van der Waals surface area contributed by atoms with Crippen molar-refractivity contribution in [1.29, 1.82) is 0 Å². The van der Waals surface area contributed by atoms with Crippen molar-refractivity contribution >= 4 is 22.9 Å². The molecule has 68 valence electrons. The number of thiophene rings is 1. The first-order chi connectivity index (χ1) is 5.53. The molecule has 3 heteroatoms. The third-order valence-electron chi connectivity index (χ3n) is 1.83. The Kier molecular flexibility index (Phi) is 3.16. The Balaban J connectivity index is 2.63. The molecular weight excluding hydrogens is 190 g/mol. The van der Waals surface area contributed by atoms with Crippen LogP contribution in [0.4, 0.5) is 0 Å². The topological polar surface area (TPSA) is 26.0 Å². The van der Waals surface area contributed by atoms with Gasteiger partial charge in [0, 0.05) is 4.88 Å². The lowest BCUT2D eigenvalue weighted by Crippen LogP contribution is -2.25. The Hall–Kier alpha value is -0.0500. The molecule has 0 saturated heterocycles. The van der Waals surface area contributed by atoms with Crippen LogP contribution in [-0.4, -0.2) is 6.54 Å². The lowest BCUT2D eigenvalue weighted by molar-refractivity contribution is 0.379. The van der Waals surface area contributed by atoms with E-state index in [9.17, 15) is 0 Å². The quantitative estimate of drug-likeness (QED) is 0.804. The Morgan fingerprint density at radius 3 is 2.58 bits per heavy atom. The largest absolute Gasteiger partial charge is 0.330 e. The van der Waals surface area contributed by atoms with Gasteiger partial charge in [-0.25, -0.2) is 0 Å². The summed E-state index contributed by atoms with van der Waals surface area (Å²) >= 11 is 7.46. The molecule has 0 radical (unpaired) electrons. The minimum Gasteiger partial charge on any atom is -0.330 e. The molecular formula is C9H14ClNS. The average molecular weight is 204 g/mol. The number of rotatable bonds is 3. The van der Waals surface area contributed by atoms with Gasteiger partial charge in [-0.3, -0.25) is 0 Å². The van der Waals surface area contributed by atoms with Gasteiger partial charge in [0.2, 0.25) is 0 Å². The number of hydrogen-bond donors (Lipinski definition) is 1. The monoisotopic (exact) mass is 203 g/mol. The first kappa shape index (κ1) is 10.0. The van der Waals surface area contributed by atoms with Gasteiger partial charge >= 0.3 is 0 Å². The van der Waals surface area contributed by atoms with Crippen LogP contribution in [0, 0.1) is 5.41 Å². The fourth-order valence-electron chi connectivity index (χ4n) is 0.991. The van der Waals surface area contributed by atoms with Crippen molar-refractivity contribution in [3.63, 3.8) is 0 Å². The van der Waals surface area contributed by atoms with E-state index in [4.69, 9.17) is 17.3 Å². The van der Waals surface area contributed by atoms with Gasteiger partial charge in [-0.1, -0.05) is 25.4 Å². The van der Waals surface area contributed by atoms with E-state index in [1.54, 1.807) is 11.3 Å². The van der Waals surface area contributed by atoms with E-state index in [1.807, 2.05) is 6.07 Å². The normalized spacial score (nSPS) is 12.0. The maximum Gasteiger partial charge on any atom is 0.0931 e. The Morgan fingerprint density at radius 1 is 1.50 bits per heavy atom. The van der Waals surface area contributed by atoms with E-state index < -0.39 is 0 Å². The van der Waals surface area contributed by atoms with Crippen LogP contribution in [0.15, 0.2) is 12.1 Å². The smallest absolute Gasteiger partial charge is 0.0931 e. The molecule has 0 unspecified atom stereocenters. The van der Waals surface area contributed by atoms with Gasteiger partial charge in [0.05, 0.1) is 4.34 Å². The average Bonchev–Trinajstić information content (AvgIpc) is 2.35. The van der Waals surface area contributed by atoms with Gasteiger partial charge in [-0.05, 0) is 30.5 Å². The van der Waals surface area contributed by atoms with Crippen molar-refractivity contribution in [2.75, 3.05) is 6.54 Å². The third-order valence-corrected chi connectivity index (χ3v) is 3.07. The van der Waals surface area contributed by atoms with E-state index in [0.29, 0.717) is 6.54 Å². The molecule has 0 bridgehead atoms. The minimum absolute atomic E-state index is 0.189. The molecule has 0 aromatic carbocycles. The van der Waals surface area contributed by atoms with Gasteiger partial charge in [0.15, 0.2) is 0 Å². The van der Waals surface area contributed by atoms with Crippen LogP contribution in [0.2, 0.25) is 4.34 Å². The number of hydrogen-bond acceptors (Lipinski definition) is 2. The van der Waals surface area contributed by atoms with E-state index >= 15 is 0 Å². The van der Waals surface area contributed by atoms with Gasteiger partial charge < -0.3 is 5.73 Å². The number of nitrogens with two attached hydrogens (primary N) is 1. The summed E-state index contributed by atoms with van der Waals surface area (Å²) < 4.78 is 0.859. The molecule has 0 saturated carbocycles. The minimum atomic E-state index is 0.189. The predicted molar refractivity (Wildman–Crippen MR) is 55.9 cm³/mol. The predicted octanol–water partition coefficient (Wildman–Crippen LogP) is 2.93. The summed E-state index contributed by atoms with van der Waals surface area (Å²) in [5.74, 6) is 0. The van der Waals surface area contributed by atoms with Gasteiger partial charge in [-0.15, -0.1) is 11.3 Å². The van der Waals surface area contributed by atoms with Crippen LogP contribution in [0.5, 0.6) is 0 Å². The summed E-state index contributed by atoms with van der Waals surface area (Å²) in [6.07, 6.45) is 1.01. The molecule has 1 heterocycles. The van der Waals surface area contributed by atoms with Crippen molar-refractivity contribution in [2.45, 2.75) is 20.3 Å². The van der Waals surface area contributed by atoms with E-state index in [2.05, 4.69) is 19.9 Å². The van der Waals surface area contributed by atoms with E-state index in [0.717, 1.165) is 10.8 Å². The third kappa shape index (κ3) is 2.77. The Bertz CT molecular complexity index is 255. The highest BCUT2D eigenvalue weighted by Crippen LogP contribution is 2.27. The fraction of sp³-hybridized carbons (Fsp3) is 0.556. The molecule has 0 amide bonds. The van der Waals surface area contributed by atoms with Crippen LogP contribution >= 0.6 is 22.9 Å². The zero-order chi connectivity index (χ0) is 9.19. The maximum absolute atomic E-state index is 5.82. The standard InChI is InChI=1S/C9H14ClNS/c1-9(2,6-11)5-7-3-4-8(10)12-7/h3-4H,5-6,11H2,1-2H3. The lowest BCUT2D eigenvalue weighted by atomic mass is 9.89. The second kappa shape index (κ2) is 3.77. The van der Waals surface area contributed by atoms with Crippen LogP contribution < -0.4 is 5.73 Å². The number of halogens is 1. The molecule has 0 spiro atoms. The first-order valence-corrected chi connectivity index (χ1v) is 5.17. The first-order valence-electron chi connectivity index (χ1n) is 3.98. The molecule has 1 aromatic rings. The molecule has 0 aliphatic carbocycles. The summed E-state index contributed by atoms with van der Waals surface area (Å²) in [6, 6.07) is 4.01. The van der Waals surface area contributed by atoms with Crippen molar-refractivity contribution in [3.8, 4) is 0 Å². The highest BCUT2D eigenvalue weighted by Gasteiger charge is 2.16. The van der Waals surface area contributed by atoms with E-state index in [-0.39, 0.29) is 5.41 Å².